The summed E-state index contributed by atoms with van der Waals surface area (Å²) in [6, 6.07) is 2.89. The maximum Gasteiger partial charge on any atom is 0.243 e. The molecule has 3 aromatic rings. The maximum absolute atomic E-state index is 14.8. The summed E-state index contributed by atoms with van der Waals surface area (Å²) in [4.78, 5) is 20.8. The number of carbonyl (C=O) groups is 1. The minimum Gasteiger partial charge on any atom is -0.494 e. The lowest BCUT2D eigenvalue weighted by atomic mass is 9.92. The number of rotatable bonds is 8. The van der Waals surface area contributed by atoms with E-state index in [0.717, 1.165) is 0 Å². The fourth-order valence-corrected chi connectivity index (χ4v) is 4.16. The summed E-state index contributed by atoms with van der Waals surface area (Å²) in [5, 5.41) is 2.95. The Hall–Kier alpha value is -3.53. The lowest BCUT2D eigenvalue weighted by molar-refractivity contribution is -0.118. The van der Waals surface area contributed by atoms with Crippen LogP contribution in [0.15, 0.2) is 37.2 Å². The summed E-state index contributed by atoms with van der Waals surface area (Å²) in [5.74, 6) is -1.38. The third-order valence-electron chi connectivity index (χ3n) is 5.99. The third-order valence-corrected chi connectivity index (χ3v) is 5.99. The largest absolute Gasteiger partial charge is 0.494 e. The van der Waals surface area contributed by atoms with Gasteiger partial charge in [0.05, 0.1) is 50.2 Å². The number of hydrogen-bond acceptors (Lipinski definition) is 6. The second-order valence-corrected chi connectivity index (χ2v) is 8.03. The summed E-state index contributed by atoms with van der Waals surface area (Å²) >= 11 is 0. The molecule has 2 atom stereocenters. The van der Waals surface area contributed by atoms with Crippen molar-refractivity contribution in [1.82, 2.24) is 19.9 Å². The summed E-state index contributed by atoms with van der Waals surface area (Å²) in [6.07, 6.45) is 5.79. The summed E-state index contributed by atoms with van der Waals surface area (Å²) in [5.41, 5.74) is 1.09. The van der Waals surface area contributed by atoms with Crippen LogP contribution in [-0.4, -0.2) is 53.9 Å². The molecule has 3 heterocycles. The van der Waals surface area contributed by atoms with Crippen LogP contribution >= 0.6 is 0 Å². The van der Waals surface area contributed by atoms with Crippen molar-refractivity contribution < 1.29 is 27.8 Å². The Morgan fingerprint density at radius 3 is 2.74 bits per heavy atom. The molecule has 2 unspecified atom stereocenters. The first-order valence-electron chi connectivity index (χ1n) is 10.9. The van der Waals surface area contributed by atoms with Crippen LogP contribution in [0.25, 0.3) is 11.0 Å². The second-order valence-electron chi connectivity index (χ2n) is 8.03. The molecule has 0 radical (unpaired) electrons. The number of fused-ring (bicyclic) bond motifs is 1. The Morgan fingerprint density at radius 2 is 2.06 bits per heavy atom. The second kappa shape index (κ2) is 10.2. The van der Waals surface area contributed by atoms with Gasteiger partial charge in [-0.05, 0) is 18.6 Å². The number of nitrogens with one attached hydrogen (secondary N) is 1. The van der Waals surface area contributed by atoms with Gasteiger partial charge in [0.25, 0.3) is 0 Å². The molecule has 1 aliphatic heterocycles. The number of benzene rings is 1. The van der Waals surface area contributed by atoms with Gasteiger partial charge in [-0.15, -0.1) is 0 Å². The van der Waals surface area contributed by atoms with E-state index in [4.69, 9.17) is 14.2 Å². The molecule has 2 aromatic heterocycles. The molecule has 10 heteroatoms. The number of methoxy groups -OCH3 is 2. The molecular formula is C24H26F2N4O4. The minimum absolute atomic E-state index is 0.0182. The van der Waals surface area contributed by atoms with Crippen LogP contribution in [-0.2, 0) is 22.5 Å². The lowest BCUT2D eigenvalue weighted by Gasteiger charge is -2.31. The van der Waals surface area contributed by atoms with Crippen LogP contribution in [0.5, 0.6) is 11.5 Å². The molecule has 1 fully saturated rings. The normalized spacial score (nSPS) is 18.0. The zero-order chi connectivity index (χ0) is 24.2. The predicted molar refractivity (Wildman–Crippen MR) is 121 cm³/mol. The highest BCUT2D eigenvalue weighted by molar-refractivity contribution is 5.87. The Bertz CT molecular complexity index is 1190. The zero-order valence-corrected chi connectivity index (χ0v) is 19.0. The van der Waals surface area contributed by atoms with Crippen molar-refractivity contribution in [2.45, 2.75) is 25.4 Å². The molecule has 4 rings (SSSR count). The number of hydrogen-bond donors (Lipinski definition) is 1. The van der Waals surface area contributed by atoms with E-state index >= 15 is 0 Å². The SMILES string of the molecule is C=CC(=O)NC1CCOCC1Cc1ncc2c(ccn2Cc2c(F)c(OC)cc(OC)c2F)n1. The average Bonchev–Trinajstić information content (AvgIpc) is 3.25. The number of carbonyl (C=O) groups excluding carboxylic acids is 1. The number of nitrogens with zero attached hydrogens (tertiary/aromatic N) is 3. The number of halogens is 2. The maximum atomic E-state index is 14.8. The highest BCUT2D eigenvalue weighted by Crippen LogP contribution is 2.32. The fourth-order valence-electron chi connectivity index (χ4n) is 4.16. The average molecular weight is 472 g/mol. The van der Waals surface area contributed by atoms with E-state index in [1.54, 1.807) is 23.0 Å². The first kappa shape index (κ1) is 23.6. The van der Waals surface area contributed by atoms with Crippen LogP contribution in [0.1, 0.15) is 17.8 Å². The van der Waals surface area contributed by atoms with E-state index in [9.17, 15) is 13.6 Å². The minimum atomic E-state index is -0.787. The van der Waals surface area contributed by atoms with E-state index in [0.29, 0.717) is 42.9 Å². The van der Waals surface area contributed by atoms with Crippen molar-refractivity contribution in [2.75, 3.05) is 27.4 Å². The molecule has 1 aliphatic rings. The summed E-state index contributed by atoms with van der Waals surface area (Å²) < 4.78 is 46.9. The van der Waals surface area contributed by atoms with Crippen LogP contribution < -0.4 is 14.8 Å². The van der Waals surface area contributed by atoms with Crippen molar-refractivity contribution in [2.24, 2.45) is 5.92 Å². The van der Waals surface area contributed by atoms with E-state index in [-0.39, 0.29) is 41.5 Å². The molecule has 1 saturated heterocycles. The Balaban J connectivity index is 1.57. The topological polar surface area (TPSA) is 87.5 Å². The third kappa shape index (κ3) is 4.72. The van der Waals surface area contributed by atoms with Gasteiger partial charge in [-0.1, -0.05) is 6.58 Å². The van der Waals surface area contributed by atoms with Crippen molar-refractivity contribution in [3.8, 4) is 11.5 Å². The molecule has 0 spiro atoms. The molecule has 1 N–H and O–H groups in total. The van der Waals surface area contributed by atoms with Gasteiger partial charge in [-0.2, -0.15) is 0 Å². The molecule has 8 nitrogen and oxygen atoms in total. The van der Waals surface area contributed by atoms with Crippen LogP contribution in [0.3, 0.4) is 0 Å². The quantitative estimate of drug-likeness (QED) is 0.507. The molecule has 1 aromatic carbocycles. The van der Waals surface area contributed by atoms with Crippen molar-refractivity contribution >= 4 is 16.9 Å². The molecule has 0 saturated carbocycles. The van der Waals surface area contributed by atoms with Gasteiger partial charge in [-0.25, -0.2) is 18.7 Å². The summed E-state index contributed by atoms with van der Waals surface area (Å²) in [7, 11) is 2.62. The standard InChI is InChI=1S/C24H26F2N4O4/c1-4-22(31)29-16-6-8-34-13-14(16)9-21-27-11-18-17(28-21)5-7-30(18)12-15-23(25)19(32-2)10-20(33-3)24(15)26/h4-5,7,10-11,14,16H,1,6,8-9,12-13H2,2-3H3,(H,29,31). The zero-order valence-electron chi connectivity index (χ0n) is 19.0. The van der Waals surface area contributed by atoms with Gasteiger partial charge in [0.15, 0.2) is 23.1 Å². The first-order valence-corrected chi connectivity index (χ1v) is 10.9. The van der Waals surface area contributed by atoms with E-state index < -0.39 is 11.6 Å². The van der Waals surface area contributed by atoms with Gasteiger partial charge in [0, 0.05) is 37.3 Å². The van der Waals surface area contributed by atoms with Gasteiger partial charge in [-0.3, -0.25) is 4.79 Å². The van der Waals surface area contributed by atoms with E-state index in [2.05, 4.69) is 21.9 Å². The highest BCUT2D eigenvalue weighted by atomic mass is 19.1. The van der Waals surface area contributed by atoms with E-state index in [1.807, 2.05) is 0 Å². The number of amides is 1. The number of aromatic nitrogens is 3. The highest BCUT2D eigenvalue weighted by Gasteiger charge is 2.28. The molecule has 0 aliphatic carbocycles. The predicted octanol–water partition coefficient (Wildman–Crippen LogP) is 3.02. The summed E-state index contributed by atoms with van der Waals surface area (Å²) in [6.45, 7) is 4.47. The van der Waals surface area contributed by atoms with Crippen LogP contribution in [0.2, 0.25) is 0 Å². The van der Waals surface area contributed by atoms with Crippen LogP contribution in [0.4, 0.5) is 8.78 Å². The lowest BCUT2D eigenvalue weighted by Crippen LogP contribution is -2.46. The Labute approximate surface area is 195 Å². The molecule has 1 amide bonds. The van der Waals surface area contributed by atoms with Gasteiger partial charge < -0.3 is 24.1 Å². The van der Waals surface area contributed by atoms with Gasteiger partial charge >= 0.3 is 0 Å². The number of ether oxygens (including phenoxy) is 3. The van der Waals surface area contributed by atoms with Crippen LogP contribution in [0, 0.1) is 17.6 Å². The first-order chi connectivity index (χ1) is 16.4. The molecule has 0 bridgehead atoms. The van der Waals surface area contributed by atoms with Crippen molar-refractivity contribution in [3.05, 3.63) is 60.2 Å². The van der Waals surface area contributed by atoms with Crippen molar-refractivity contribution in [3.63, 3.8) is 0 Å². The van der Waals surface area contributed by atoms with Gasteiger partial charge in [0.2, 0.25) is 5.91 Å². The molecule has 34 heavy (non-hydrogen) atoms. The molecular weight excluding hydrogens is 446 g/mol. The molecule has 180 valence electrons. The monoisotopic (exact) mass is 472 g/mol. The Kier molecular flexibility index (Phi) is 7.06. The smallest absolute Gasteiger partial charge is 0.243 e. The van der Waals surface area contributed by atoms with Crippen molar-refractivity contribution in [1.29, 1.82) is 0 Å². The Morgan fingerprint density at radius 1 is 1.32 bits per heavy atom. The van der Waals surface area contributed by atoms with E-state index in [1.165, 1.54) is 26.4 Å². The fraction of sp³-hybridized carbons (Fsp3) is 0.375. The van der Waals surface area contributed by atoms with Gasteiger partial charge in [0.1, 0.15) is 5.82 Å².